The number of anilines is 2. The molecule has 0 aliphatic carbocycles. The molecule has 184 valence electrons. The van der Waals surface area contributed by atoms with Gasteiger partial charge < -0.3 is 10.6 Å². The predicted octanol–water partition coefficient (Wildman–Crippen LogP) is 4.99. The second-order valence-corrected chi connectivity index (χ2v) is 12.1. The molecule has 1 aromatic heterocycles. The average molecular weight is 493 g/mol. The number of fused-ring (bicyclic) bond motifs is 1. The summed E-state index contributed by atoms with van der Waals surface area (Å²) in [6.45, 7) is 11.1. The lowest BCUT2D eigenvalue weighted by Crippen LogP contribution is -2.65. The topological polar surface area (TPSA) is 91.4 Å². The van der Waals surface area contributed by atoms with Crippen LogP contribution in [0.1, 0.15) is 40.5 Å². The van der Waals surface area contributed by atoms with Crippen LogP contribution < -0.4 is 10.6 Å². The molecule has 1 aliphatic heterocycles. The molecular weight excluding hydrogens is 460 g/mol. The van der Waals surface area contributed by atoms with Crippen LogP contribution in [0.15, 0.2) is 78.3 Å². The van der Waals surface area contributed by atoms with Crippen LogP contribution in [0.4, 0.5) is 11.5 Å². The number of nitrogens with one attached hydrogen (secondary N) is 2. The molecule has 1 amide bonds. The van der Waals surface area contributed by atoms with Crippen LogP contribution in [0.3, 0.4) is 0 Å². The first-order chi connectivity index (χ1) is 16.4. The van der Waals surface area contributed by atoms with E-state index in [4.69, 9.17) is 0 Å². The van der Waals surface area contributed by atoms with Gasteiger partial charge in [-0.3, -0.25) is 4.79 Å². The fraction of sp³-hybridized carbons (Fsp3) is 0.333. The Hall–Kier alpha value is -3.23. The Kier molecular flexibility index (Phi) is 6.46. The van der Waals surface area contributed by atoms with Gasteiger partial charge in [0.25, 0.3) is 0 Å². The molecule has 0 unspecified atom stereocenters. The van der Waals surface area contributed by atoms with Gasteiger partial charge in [0.2, 0.25) is 15.9 Å². The Morgan fingerprint density at radius 1 is 1.03 bits per heavy atom. The molecule has 1 aliphatic rings. The molecule has 35 heavy (non-hydrogen) atoms. The number of pyridine rings is 1. The zero-order valence-electron chi connectivity index (χ0n) is 20.6. The number of hydrogen-bond acceptors (Lipinski definition) is 5. The van der Waals surface area contributed by atoms with Crippen molar-refractivity contribution in [3.8, 4) is 0 Å². The van der Waals surface area contributed by atoms with Gasteiger partial charge in [-0.25, -0.2) is 13.4 Å². The van der Waals surface area contributed by atoms with Crippen LogP contribution in [0.2, 0.25) is 0 Å². The molecule has 4 rings (SSSR count). The number of carbonyl (C=O) groups is 1. The Balaban J connectivity index is 1.56. The van der Waals surface area contributed by atoms with E-state index in [1.807, 2.05) is 64.2 Å². The first-order valence-corrected chi connectivity index (χ1v) is 13.1. The smallest absolute Gasteiger partial charge is 0.244 e. The second kappa shape index (κ2) is 9.09. The minimum Gasteiger partial charge on any atom is -0.350 e. The quantitative estimate of drug-likeness (QED) is 0.473. The van der Waals surface area contributed by atoms with Gasteiger partial charge in [0.05, 0.1) is 4.90 Å². The van der Waals surface area contributed by atoms with Gasteiger partial charge in [0, 0.05) is 34.4 Å². The molecule has 0 radical (unpaired) electrons. The van der Waals surface area contributed by atoms with Gasteiger partial charge in [-0.2, -0.15) is 4.31 Å². The van der Waals surface area contributed by atoms with Crippen molar-refractivity contribution >= 4 is 38.2 Å². The first-order valence-electron chi connectivity index (χ1n) is 11.6. The van der Waals surface area contributed by atoms with E-state index in [1.165, 1.54) is 6.08 Å². The molecule has 0 bridgehead atoms. The highest BCUT2D eigenvalue weighted by Gasteiger charge is 2.51. The summed E-state index contributed by atoms with van der Waals surface area (Å²) in [5, 5.41) is 8.31. The summed E-state index contributed by atoms with van der Waals surface area (Å²) < 4.78 is 29.2. The van der Waals surface area contributed by atoms with E-state index in [-0.39, 0.29) is 16.8 Å². The highest BCUT2D eigenvalue weighted by atomic mass is 32.2. The minimum atomic E-state index is -3.80. The third-order valence-electron chi connectivity index (χ3n) is 6.42. The van der Waals surface area contributed by atoms with Crippen molar-refractivity contribution in [1.82, 2.24) is 14.6 Å². The number of carbonyl (C=O) groups excluding carboxylic acids is 1. The lowest BCUT2D eigenvalue weighted by molar-refractivity contribution is -0.118. The molecule has 0 atom stereocenters. The van der Waals surface area contributed by atoms with Gasteiger partial charge in [0.15, 0.2) is 0 Å². The number of nitrogens with zero attached hydrogens (tertiary/aromatic N) is 2. The Bertz CT molecular complexity index is 1350. The molecule has 2 aromatic carbocycles. The summed E-state index contributed by atoms with van der Waals surface area (Å²) in [6, 6.07) is 16.5. The highest BCUT2D eigenvalue weighted by molar-refractivity contribution is 7.89. The normalized spacial score (nSPS) is 18.2. The summed E-state index contributed by atoms with van der Waals surface area (Å²) >= 11 is 0. The van der Waals surface area contributed by atoms with Crippen LogP contribution in [0.5, 0.6) is 0 Å². The third-order valence-corrected chi connectivity index (χ3v) is 8.76. The molecule has 3 aromatic rings. The summed E-state index contributed by atoms with van der Waals surface area (Å²) in [4.78, 5) is 16.5. The van der Waals surface area contributed by atoms with Crippen molar-refractivity contribution in [2.45, 2.75) is 62.6 Å². The zero-order valence-corrected chi connectivity index (χ0v) is 21.4. The SMILES string of the molecule is C=CC(=O)NC1CC(C)(C)N(S(=O)(=O)c2ccc(Nc3cc4ccccc4cn3)cc2)C(C)(C)C1. The maximum absolute atomic E-state index is 13.8. The first kappa shape index (κ1) is 24.9. The zero-order chi connectivity index (χ0) is 25.4. The largest absolute Gasteiger partial charge is 0.350 e. The monoisotopic (exact) mass is 492 g/mol. The van der Waals surface area contributed by atoms with Crippen LogP contribution in [0.25, 0.3) is 10.8 Å². The molecule has 2 N–H and O–H groups in total. The summed E-state index contributed by atoms with van der Waals surface area (Å²) in [5.41, 5.74) is -0.659. The Morgan fingerprint density at radius 3 is 2.23 bits per heavy atom. The number of hydrogen-bond donors (Lipinski definition) is 2. The van der Waals surface area contributed by atoms with Crippen molar-refractivity contribution in [2.75, 3.05) is 5.32 Å². The second-order valence-electron chi connectivity index (χ2n) is 10.3. The fourth-order valence-electron chi connectivity index (χ4n) is 5.39. The summed E-state index contributed by atoms with van der Waals surface area (Å²) in [7, 11) is -3.80. The third kappa shape index (κ3) is 5.09. The Morgan fingerprint density at radius 2 is 1.63 bits per heavy atom. The standard InChI is InChI=1S/C27H32N4O3S/c1-6-25(32)30-22-16-26(2,3)31(27(4,5)17-22)35(33,34)23-13-11-21(12-14-23)29-24-15-19-9-7-8-10-20(19)18-28-24/h6-15,18,22H,1,16-17H2,2-5H3,(H,28,29)(H,30,32). The van der Waals surface area contributed by atoms with E-state index in [9.17, 15) is 13.2 Å². The van der Waals surface area contributed by atoms with Gasteiger partial charge in [-0.15, -0.1) is 0 Å². The summed E-state index contributed by atoms with van der Waals surface area (Å²) in [6.07, 6.45) is 4.05. The fourth-order valence-corrected chi connectivity index (χ4v) is 7.53. The number of amides is 1. The number of rotatable bonds is 6. The van der Waals surface area contributed by atoms with Crippen LogP contribution in [-0.2, 0) is 14.8 Å². The van der Waals surface area contributed by atoms with Crippen molar-refractivity contribution in [3.63, 3.8) is 0 Å². The van der Waals surface area contributed by atoms with E-state index in [1.54, 1.807) is 28.6 Å². The maximum Gasteiger partial charge on any atom is 0.244 e. The highest BCUT2D eigenvalue weighted by Crippen LogP contribution is 2.42. The molecule has 0 spiro atoms. The molecule has 1 saturated heterocycles. The maximum atomic E-state index is 13.8. The van der Waals surface area contributed by atoms with Gasteiger partial charge in [0.1, 0.15) is 5.82 Å². The van der Waals surface area contributed by atoms with Crippen LogP contribution >= 0.6 is 0 Å². The lowest BCUT2D eigenvalue weighted by atomic mass is 9.79. The van der Waals surface area contributed by atoms with Crippen molar-refractivity contribution in [1.29, 1.82) is 0 Å². The van der Waals surface area contributed by atoms with E-state index in [0.29, 0.717) is 18.7 Å². The predicted molar refractivity (Wildman–Crippen MR) is 140 cm³/mol. The lowest BCUT2D eigenvalue weighted by Gasteiger charge is -2.53. The number of benzene rings is 2. The van der Waals surface area contributed by atoms with Gasteiger partial charge in [-0.05, 0) is 82.3 Å². The molecule has 2 heterocycles. The Labute approximate surface area is 207 Å². The van der Waals surface area contributed by atoms with Crippen molar-refractivity contribution in [2.24, 2.45) is 0 Å². The molecule has 1 fully saturated rings. The molecular formula is C27H32N4O3S. The number of piperidine rings is 1. The molecule has 8 heteroatoms. The summed E-state index contributed by atoms with van der Waals surface area (Å²) in [5.74, 6) is 0.437. The molecule has 0 saturated carbocycles. The number of aromatic nitrogens is 1. The van der Waals surface area contributed by atoms with E-state index in [2.05, 4.69) is 22.2 Å². The average Bonchev–Trinajstić information content (AvgIpc) is 2.77. The van der Waals surface area contributed by atoms with Gasteiger partial charge >= 0.3 is 0 Å². The van der Waals surface area contributed by atoms with Crippen LogP contribution in [-0.4, -0.2) is 40.7 Å². The van der Waals surface area contributed by atoms with Crippen molar-refractivity contribution in [3.05, 3.63) is 73.4 Å². The minimum absolute atomic E-state index is 0.141. The van der Waals surface area contributed by atoms with E-state index < -0.39 is 21.1 Å². The van der Waals surface area contributed by atoms with Gasteiger partial charge in [-0.1, -0.05) is 30.8 Å². The van der Waals surface area contributed by atoms with Crippen LogP contribution in [0, 0.1) is 0 Å². The van der Waals surface area contributed by atoms with Crippen molar-refractivity contribution < 1.29 is 13.2 Å². The van der Waals surface area contributed by atoms with E-state index in [0.717, 1.165) is 16.5 Å². The van der Waals surface area contributed by atoms with E-state index >= 15 is 0 Å². The molecule has 7 nitrogen and oxygen atoms in total. The number of sulfonamides is 1.